The Bertz CT molecular complexity index is 525. The van der Waals surface area contributed by atoms with Gasteiger partial charge in [0.2, 0.25) is 0 Å². The zero-order chi connectivity index (χ0) is 13.6. The van der Waals surface area contributed by atoms with Crippen molar-refractivity contribution < 1.29 is 9.09 Å². The number of nitrogens with two attached hydrogens (primary N) is 1. The molecule has 0 saturated carbocycles. The van der Waals surface area contributed by atoms with Gasteiger partial charge in [-0.05, 0) is 31.0 Å². The normalized spacial score (nSPS) is 21.4. The van der Waals surface area contributed by atoms with Crippen molar-refractivity contribution in [3.8, 4) is 0 Å². The number of rotatable bonds is 5. The summed E-state index contributed by atoms with van der Waals surface area (Å²) in [6.07, 6.45) is -0.189. The van der Waals surface area contributed by atoms with Gasteiger partial charge in [0.05, 0.1) is 6.10 Å². The van der Waals surface area contributed by atoms with E-state index in [-0.39, 0.29) is 6.10 Å². The molecule has 0 radical (unpaired) electrons. The monoisotopic (exact) mass is 281 g/mol. The van der Waals surface area contributed by atoms with E-state index in [0.29, 0.717) is 0 Å². The Morgan fingerprint density at radius 3 is 2.32 bits per heavy atom. The molecule has 3 rings (SSSR count). The largest absolute Gasteiger partial charge is 0.399 e. The molecule has 2 N–H and O–H groups in total. The second-order valence-electron chi connectivity index (χ2n) is 5.26. The Kier molecular flexibility index (Phi) is 3.18. The van der Waals surface area contributed by atoms with Crippen LogP contribution in [0.3, 0.4) is 0 Å². The van der Waals surface area contributed by atoms with Crippen molar-refractivity contribution in [2.45, 2.75) is 20.0 Å². The second-order valence-corrected chi connectivity index (χ2v) is 7.58. The maximum absolute atomic E-state index is 12.9. The van der Waals surface area contributed by atoms with Gasteiger partial charge in [-0.3, -0.25) is 9.09 Å². The van der Waals surface area contributed by atoms with E-state index in [9.17, 15) is 4.57 Å². The average molecular weight is 281 g/mol. The van der Waals surface area contributed by atoms with Crippen LogP contribution in [-0.4, -0.2) is 35.5 Å². The van der Waals surface area contributed by atoms with Crippen LogP contribution >= 0.6 is 7.67 Å². The van der Waals surface area contributed by atoms with Gasteiger partial charge in [0.1, 0.15) is 0 Å². The summed E-state index contributed by atoms with van der Waals surface area (Å²) in [5.41, 5.74) is 8.65. The molecule has 0 spiro atoms. The van der Waals surface area contributed by atoms with Gasteiger partial charge in [0.25, 0.3) is 0 Å². The van der Waals surface area contributed by atoms with Crippen molar-refractivity contribution in [1.29, 1.82) is 0 Å². The minimum absolute atomic E-state index is 0.189. The molecule has 1 atom stereocenters. The third-order valence-corrected chi connectivity index (χ3v) is 6.44. The Morgan fingerprint density at radius 2 is 1.84 bits per heavy atom. The molecule has 5 nitrogen and oxygen atoms in total. The minimum atomic E-state index is -2.75. The SMILES string of the molecule is Cc1cc(C(C)OP(=O)(N2CC2)N2CC2)ccc1N. The Labute approximate surface area is 113 Å². The number of nitrogens with zero attached hydrogens (tertiary/aromatic N) is 2. The predicted molar refractivity (Wildman–Crippen MR) is 75.8 cm³/mol. The summed E-state index contributed by atoms with van der Waals surface area (Å²) in [7, 11) is -2.75. The van der Waals surface area contributed by atoms with Crippen LogP contribution in [0.5, 0.6) is 0 Å². The van der Waals surface area contributed by atoms with Crippen LogP contribution in [-0.2, 0) is 9.09 Å². The van der Waals surface area contributed by atoms with Crippen LogP contribution in [0.2, 0.25) is 0 Å². The molecule has 6 heteroatoms. The smallest absolute Gasteiger partial charge is 0.346 e. The molecular formula is C13H20N3O2P. The first-order valence-corrected chi connectivity index (χ1v) is 8.19. The van der Waals surface area contributed by atoms with E-state index in [4.69, 9.17) is 10.3 Å². The molecule has 2 saturated heterocycles. The van der Waals surface area contributed by atoms with Crippen molar-refractivity contribution >= 4 is 13.4 Å². The molecular weight excluding hydrogens is 261 g/mol. The number of hydrogen-bond acceptors (Lipinski definition) is 3. The number of aryl methyl sites for hydroxylation is 1. The third-order valence-electron chi connectivity index (χ3n) is 3.62. The number of hydrogen-bond donors (Lipinski definition) is 1. The fourth-order valence-electron chi connectivity index (χ4n) is 2.13. The molecule has 104 valence electrons. The van der Waals surface area contributed by atoms with Crippen molar-refractivity contribution in [2.75, 3.05) is 31.9 Å². The summed E-state index contributed by atoms with van der Waals surface area (Å²) in [6, 6.07) is 5.83. The van der Waals surface area contributed by atoms with Gasteiger partial charge in [0, 0.05) is 31.9 Å². The maximum Gasteiger partial charge on any atom is 0.346 e. The molecule has 0 bridgehead atoms. The summed E-state index contributed by atoms with van der Waals surface area (Å²) in [4.78, 5) is 0. The van der Waals surface area contributed by atoms with Gasteiger partial charge in [-0.2, -0.15) is 0 Å². The highest BCUT2D eigenvalue weighted by molar-refractivity contribution is 7.54. The molecule has 2 fully saturated rings. The van der Waals surface area contributed by atoms with Crippen molar-refractivity contribution in [3.05, 3.63) is 29.3 Å². The first kappa shape index (κ1) is 13.1. The molecule has 2 heterocycles. The summed E-state index contributed by atoms with van der Waals surface area (Å²) in [5, 5.41) is 0. The molecule has 2 aliphatic rings. The third kappa shape index (κ3) is 2.56. The zero-order valence-electron chi connectivity index (χ0n) is 11.4. The Balaban J connectivity index is 1.78. The van der Waals surface area contributed by atoms with E-state index in [0.717, 1.165) is 43.0 Å². The van der Waals surface area contributed by atoms with Gasteiger partial charge >= 0.3 is 7.67 Å². The quantitative estimate of drug-likeness (QED) is 0.510. The van der Waals surface area contributed by atoms with Gasteiger partial charge in [-0.15, -0.1) is 0 Å². The summed E-state index contributed by atoms with van der Waals surface area (Å²) < 4.78 is 22.7. The van der Waals surface area contributed by atoms with Gasteiger partial charge in [-0.25, -0.2) is 9.34 Å². The molecule has 1 aromatic rings. The highest BCUT2D eigenvalue weighted by Gasteiger charge is 2.50. The van der Waals surface area contributed by atoms with E-state index in [1.165, 1.54) is 0 Å². The lowest BCUT2D eigenvalue weighted by Crippen LogP contribution is -2.10. The first-order valence-electron chi connectivity index (χ1n) is 6.66. The van der Waals surface area contributed by atoms with Crippen molar-refractivity contribution in [3.63, 3.8) is 0 Å². The lowest BCUT2D eigenvalue weighted by molar-refractivity contribution is 0.200. The highest BCUT2D eigenvalue weighted by Crippen LogP contribution is 2.63. The maximum atomic E-state index is 12.9. The van der Waals surface area contributed by atoms with Gasteiger partial charge in [0.15, 0.2) is 0 Å². The molecule has 0 amide bonds. The van der Waals surface area contributed by atoms with E-state index in [2.05, 4.69) is 0 Å². The Hall–Kier alpha value is -0.870. The molecule has 0 aromatic heterocycles. The van der Waals surface area contributed by atoms with Gasteiger partial charge in [-0.1, -0.05) is 12.1 Å². The molecule has 19 heavy (non-hydrogen) atoms. The molecule has 1 unspecified atom stereocenters. The van der Waals surface area contributed by atoms with Crippen molar-refractivity contribution in [2.24, 2.45) is 0 Å². The predicted octanol–water partition coefficient (Wildman–Crippen LogP) is 2.39. The van der Waals surface area contributed by atoms with E-state index in [1.54, 1.807) is 0 Å². The highest BCUT2D eigenvalue weighted by atomic mass is 31.2. The standard InChI is InChI=1S/C13H20N3O2P/c1-10-9-12(3-4-13(10)14)11(2)18-19(17,15-5-6-15)16-7-8-16/h3-4,9,11H,5-8,14H2,1-2H3. The first-order chi connectivity index (χ1) is 9.00. The number of anilines is 1. The number of benzene rings is 1. The lowest BCUT2D eigenvalue weighted by Gasteiger charge is -2.24. The van der Waals surface area contributed by atoms with E-state index < -0.39 is 7.67 Å². The van der Waals surface area contributed by atoms with E-state index >= 15 is 0 Å². The molecule has 1 aromatic carbocycles. The van der Waals surface area contributed by atoms with Crippen molar-refractivity contribution in [1.82, 2.24) is 9.34 Å². The van der Waals surface area contributed by atoms with Crippen LogP contribution in [0.1, 0.15) is 24.2 Å². The fraction of sp³-hybridized carbons (Fsp3) is 0.538. The second kappa shape index (κ2) is 4.60. The summed E-state index contributed by atoms with van der Waals surface area (Å²) >= 11 is 0. The average Bonchev–Trinajstić information content (AvgIpc) is 3.23. The molecule has 2 aliphatic heterocycles. The fourth-order valence-corrected chi connectivity index (χ4v) is 4.47. The topological polar surface area (TPSA) is 58.3 Å². The Morgan fingerprint density at radius 1 is 1.26 bits per heavy atom. The summed E-state index contributed by atoms with van der Waals surface area (Å²) in [5.74, 6) is 0. The van der Waals surface area contributed by atoms with Gasteiger partial charge < -0.3 is 5.73 Å². The number of nitrogen functional groups attached to an aromatic ring is 1. The van der Waals surface area contributed by atoms with Crippen LogP contribution in [0.4, 0.5) is 5.69 Å². The van der Waals surface area contributed by atoms with Crippen LogP contribution in [0.25, 0.3) is 0 Å². The summed E-state index contributed by atoms with van der Waals surface area (Å²) in [6.45, 7) is 7.43. The van der Waals surface area contributed by atoms with E-state index in [1.807, 2.05) is 41.4 Å². The lowest BCUT2D eigenvalue weighted by atomic mass is 10.1. The van der Waals surface area contributed by atoms with Crippen LogP contribution in [0, 0.1) is 6.92 Å². The molecule has 0 aliphatic carbocycles. The van der Waals surface area contributed by atoms with Crippen LogP contribution < -0.4 is 5.73 Å². The minimum Gasteiger partial charge on any atom is -0.399 e. The zero-order valence-corrected chi connectivity index (χ0v) is 12.3. The van der Waals surface area contributed by atoms with Crippen LogP contribution in [0.15, 0.2) is 18.2 Å².